The molecular formula is C15H28ClN5O2S. The van der Waals surface area contributed by atoms with E-state index in [1.165, 1.54) is 0 Å². The Morgan fingerprint density at radius 1 is 1.29 bits per heavy atom. The van der Waals surface area contributed by atoms with Crippen molar-refractivity contribution in [2.75, 3.05) is 39.3 Å². The van der Waals surface area contributed by atoms with Crippen molar-refractivity contribution in [3.8, 4) is 0 Å². The van der Waals surface area contributed by atoms with Crippen molar-refractivity contribution in [1.82, 2.24) is 24.1 Å². The molecule has 0 spiro atoms. The number of rotatable bonds is 5. The zero-order chi connectivity index (χ0) is 16.4. The maximum absolute atomic E-state index is 12.8. The first-order valence-electron chi connectivity index (χ1n) is 8.43. The Bertz CT molecular complexity index is 628. The molecule has 1 N–H and O–H groups in total. The summed E-state index contributed by atoms with van der Waals surface area (Å²) >= 11 is 0. The minimum absolute atomic E-state index is 0. The summed E-state index contributed by atoms with van der Waals surface area (Å²) in [6.07, 6.45) is 4.19. The van der Waals surface area contributed by atoms with Crippen LogP contribution in [0.4, 0.5) is 0 Å². The van der Waals surface area contributed by atoms with Gasteiger partial charge in [0, 0.05) is 58.1 Å². The molecule has 1 aromatic rings. The van der Waals surface area contributed by atoms with E-state index in [1.54, 1.807) is 16.8 Å². The van der Waals surface area contributed by atoms with Crippen molar-refractivity contribution in [2.24, 2.45) is 5.92 Å². The van der Waals surface area contributed by atoms with Crippen molar-refractivity contribution < 1.29 is 8.42 Å². The minimum atomic E-state index is -3.47. The van der Waals surface area contributed by atoms with E-state index in [2.05, 4.69) is 29.0 Å². The van der Waals surface area contributed by atoms with Crippen LogP contribution < -0.4 is 5.32 Å². The number of nitrogens with one attached hydrogen (secondary N) is 1. The van der Waals surface area contributed by atoms with Crippen LogP contribution >= 0.6 is 12.4 Å². The summed E-state index contributed by atoms with van der Waals surface area (Å²) < 4.78 is 29.0. The monoisotopic (exact) mass is 377 g/mol. The van der Waals surface area contributed by atoms with E-state index in [1.807, 2.05) is 4.57 Å². The van der Waals surface area contributed by atoms with E-state index >= 15 is 0 Å². The Balaban J connectivity index is 0.00000208. The number of hydrogen-bond acceptors (Lipinski definition) is 5. The fraction of sp³-hybridized carbons (Fsp3) is 0.800. The van der Waals surface area contributed by atoms with Crippen LogP contribution in [0.1, 0.15) is 20.3 Å². The van der Waals surface area contributed by atoms with E-state index in [0.29, 0.717) is 25.0 Å². The van der Waals surface area contributed by atoms with Crippen molar-refractivity contribution in [1.29, 1.82) is 0 Å². The standard InChI is InChI=1S/C15H27N5O2S.ClH/c1-13(2)9-18-11-15(17-12-18)23(21,22)20-6-3-14(10-20)19-7-4-16-5-8-19;/h11-14,16H,3-10H2,1-2H3;1H. The topological polar surface area (TPSA) is 70.5 Å². The normalized spacial score (nSPS) is 23.5. The maximum Gasteiger partial charge on any atom is 0.262 e. The van der Waals surface area contributed by atoms with Crippen molar-refractivity contribution in [3.05, 3.63) is 12.5 Å². The molecule has 0 saturated carbocycles. The van der Waals surface area contributed by atoms with E-state index in [9.17, 15) is 8.42 Å². The van der Waals surface area contributed by atoms with Gasteiger partial charge in [-0.3, -0.25) is 4.90 Å². The third-order valence-electron chi connectivity index (χ3n) is 4.58. The average Bonchev–Trinajstić information content (AvgIpc) is 3.17. The van der Waals surface area contributed by atoms with Gasteiger partial charge in [0.15, 0.2) is 5.03 Å². The molecular weight excluding hydrogens is 350 g/mol. The largest absolute Gasteiger partial charge is 0.336 e. The molecule has 2 fully saturated rings. The first-order valence-corrected chi connectivity index (χ1v) is 9.87. The van der Waals surface area contributed by atoms with Gasteiger partial charge < -0.3 is 9.88 Å². The molecule has 0 radical (unpaired) electrons. The lowest BCUT2D eigenvalue weighted by Crippen LogP contribution is -2.49. The summed E-state index contributed by atoms with van der Waals surface area (Å²) in [5, 5.41) is 3.52. The molecule has 138 valence electrons. The number of nitrogens with zero attached hydrogens (tertiary/aromatic N) is 4. The van der Waals surface area contributed by atoms with Crippen molar-refractivity contribution in [3.63, 3.8) is 0 Å². The van der Waals surface area contributed by atoms with Gasteiger partial charge in [0.2, 0.25) is 0 Å². The highest BCUT2D eigenvalue weighted by molar-refractivity contribution is 7.89. The summed E-state index contributed by atoms with van der Waals surface area (Å²) in [5.74, 6) is 0.462. The second-order valence-electron chi connectivity index (χ2n) is 6.89. The van der Waals surface area contributed by atoms with Crippen LogP contribution in [-0.4, -0.2) is 72.5 Å². The summed E-state index contributed by atoms with van der Waals surface area (Å²) in [7, 11) is -3.47. The van der Waals surface area contributed by atoms with Gasteiger partial charge in [-0.15, -0.1) is 12.4 Å². The third kappa shape index (κ3) is 4.29. The van der Waals surface area contributed by atoms with Gasteiger partial charge in [0.05, 0.1) is 6.33 Å². The van der Waals surface area contributed by atoms with Crippen LogP contribution in [0.3, 0.4) is 0 Å². The Morgan fingerprint density at radius 2 is 2.00 bits per heavy atom. The van der Waals surface area contributed by atoms with Gasteiger partial charge >= 0.3 is 0 Å². The summed E-state index contributed by atoms with van der Waals surface area (Å²) in [4.78, 5) is 6.54. The lowest BCUT2D eigenvalue weighted by Gasteiger charge is -2.32. The van der Waals surface area contributed by atoms with Gasteiger partial charge in [-0.25, -0.2) is 13.4 Å². The molecule has 2 aliphatic heterocycles. The number of imidazole rings is 1. The number of piperazine rings is 1. The molecule has 1 unspecified atom stereocenters. The molecule has 7 nitrogen and oxygen atoms in total. The molecule has 2 saturated heterocycles. The Labute approximate surface area is 150 Å². The number of hydrogen-bond donors (Lipinski definition) is 1. The number of aromatic nitrogens is 2. The zero-order valence-corrected chi connectivity index (χ0v) is 16.0. The third-order valence-corrected chi connectivity index (χ3v) is 6.33. The Kier molecular flexibility index (Phi) is 6.66. The van der Waals surface area contributed by atoms with Crippen LogP contribution in [0.2, 0.25) is 0 Å². The second-order valence-corrected chi connectivity index (χ2v) is 8.78. The fourth-order valence-corrected chi connectivity index (χ4v) is 4.83. The number of sulfonamides is 1. The quantitative estimate of drug-likeness (QED) is 0.815. The van der Waals surface area contributed by atoms with Gasteiger partial charge in [-0.1, -0.05) is 13.8 Å². The molecule has 3 rings (SSSR count). The maximum atomic E-state index is 12.8. The predicted molar refractivity (Wildman–Crippen MR) is 95.9 cm³/mol. The van der Waals surface area contributed by atoms with Crippen LogP contribution in [-0.2, 0) is 16.6 Å². The Morgan fingerprint density at radius 3 is 2.67 bits per heavy atom. The summed E-state index contributed by atoms with van der Waals surface area (Å²) in [5.41, 5.74) is 0. The molecule has 0 aliphatic carbocycles. The SMILES string of the molecule is CC(C)Cn1cnc(S(=O)(=O)N2CCC(N3CCNCC3)C2)c1.Cl. The predicted octanol–water partition coefficient (Wildman–Crippen LogP) is 0.629. The van der Waals surface area contributed by atoms with Crippen LogP contribution in [0.5, 0.6) is 0 Å². The first kappa shape index (κ1) is 19.7. The molecule has 1 atom stereocenters. The highest BCUT2D eigenvalue weighted by atomic mass is 35.5. The van der Waals surface area contributed by atoms with Crippen molar-refractivity contribution >= 4 is 22.4 Å². The summed E-state index contributed by atoms with van der Waals surface area (Å²) in [6, 6.07) is 0.338. The van der Waals surface area contributed by atoms with E-state index in [0.717, 1.165) is 39.1 Å². The lowest BCUT2D eigenvalue weighted by molar-refractivity contribution is 0.179. The molecule has 3 heterocycles. The lowest BCUT2D eigenvalue weighted by atomic mass is 10.2. The smallest absolute Gasteiger partial charge is 0.262 e. The highest BCUT2D eigenvalue weighted by Crippen LogP contribution is 2.23. The molecule has 9 heteroatoms. The molecule has 0 amide bonds. The van der Waals surface area contributed by atoms with Crippen LogP contribution in [0.25, 0.3) is 0 Å². The van der Waals surface area contributed by atoms with E-state index in [4.69, 9.17) is 0 Å². The van der Waals surface area contributed by atoms with Gasteiger partial charge in [0.25, 0.3) is 10.0 Å². The average molecular weight is 378 g/mol. The minimum Gasteiger partial charge on any atom is -0.336 e. The number of halogens is 1. The van der Waals surface area contributed by atoms with E-state index < -0.39 is 10.0 Å². The zero-order valence-electron chi connectivity index (χ0n) is 14.4. The highest BCUT2D eigenvalue weighted by Gasteiger charge is 2.36. The Hall–Kier alpha value is -0.670. The summed E-state index contributed by atoms with van der Waals surface area (Å²) in [6.45, 7) is 10.1. The molecule has 24 heavy (non-hydrogen) atoms. The molecule has 0 aromatic carbocycles. The van der Waals surface area contributed by atoms with Crippen LogP contribution in [0, 0.1) is 5.92 Å². The molecule has 0 bridgehead atoms. The second kappa shape index (κ2) is 8.14. The van der Waals surface area contributed by atoms with Gasteiger partial charge in [-0.2, -0.15) is 4.31 Å². The molecule has 1 aromatic heterocycles. The fourth-order valence-electron chi connectivity index (χ4n) is 3.40. The first-order chi connectivity index (χ1) is 11.0. The van der Waals surface area contributed by atoms with Gasteiger partial charge in [-0.05, 0) is 12.3 Å². The van der Waals surface area contributed by atoms with Crippen LogP contribution in [0.15, 0.2) is 17.6 Å². The van der Waals surface area contributed by atoms with Gasteiger partial charge in [0.1, 0.15) is 0 Å². The van der Waals surface area contributed by atoms with Crippen molar-refractivity contribution in [2.45, 2.75) is 37.9 Å². The van der Waals surface area contributed by atoms with E-state index in [-0.39, 0.29) is 17.4 Å². The molecule has 2 aliphatic rings.